The van der Waals surface area contributed by atoms with Crippen molar-refractivity contribution in [2.75, 3.05) is 20.1 Å². The van der Waals surface area contributed by atoms with Gasteiger partial charge in [0.1, 0.15) is 5.82 Å². The molecule has 1 saturated heterocycles. The van der Waals surface area contributed by atoms with Crippen molar-refractivity contribution in [2.24, 2.45) is 13.0 Å². The third-order valence-electron chi connectivity index (χ3n) is 7.31. The lowest BCUT2D eigenvalue weighted by Crippen LogP contribution is -2.46. The summed E-state index contributed by atoms with van der Waals surface area (Å²) < 4.78 is 15.4. The van der Waals surface area contributed by atoms with Gasteiger partial charge in [-0.15, -0.1) is 11.3 Å². The Bertz CT molecular complexity index is 1120. The average molecular weight is 498 g/mol. The fraction of sp³-hybridized carbons (Fsp3) is 0.519. The van der Waals surface area contributed by atoms with E-state index in [0.29, 0.717) is 18.4 Å². The Kier molecular flexibility index (Phi) is 8.34. The highest BCUT2D eigenvalue weighted by atomic mass is 32.1. The quantitative estimate of drug-likeness (QED) is 0.435. The Morgan fingerprint density at radius 2 is 1.91 bits per heavy atom. The second kappa shape index (κ2) is 11.4. The summed E-state index contributed by atoms with van der Waals surface area (Å²) >= 11 is 1.63. The number of amides is 1. The van der Waals surface area contributed by atoms with Gasteiger partial charge in [-0.1, -0.05) is 12.1 Å². The van der Waals surface area contributed by atoms with Crippen LogP contribution in [0.25, 0.3) is 0 Å². The summed E-state index contributed by atoms with van der Waals surface area (Å²) in [5.74, 6) is 0.505. The molecule has 3 heterocycles. The molecule has 4 rings (SSSR count). The summed E-state index contributed by atoms with van der Waals surface area (Å²) in [4.78, 5) is 22.8. The van der Waals surface area contributed by atoms with Gasteiger partial charge in [0.05, 0.1) is 16.9 Å². The fourth-order valence-corrected chi connectivity index (χ4v) is 5.99. The molecule has 1 unspecified atom stereocenters. The van der Waals surface area contributed by atoms with Crippen LogP contribution in [0.1, 0.15) is 46.7 Å². The number of piperidine rings is 1. The zero-order chi connectivity index (χ0) is 24.9. The summed E-state index contributed by atoms with van der Waals surface area (Å²) in [6, 6.07) is 7.18. The van der Waals surface area contributed by atoms with Crippen molar-refractivity contribution in [3.63, 3.8) is 0 Å². The summed E-state index contributed by atoms with van der Waals surface area (Å²) in [6.07, 6.45) is 6.23. The van der Waals surface area contributed by atoms with Crippen LogP contribution in [0.2, 0.25) is 0 Å². The Hall–Kier alpha value is -2.58. The first-order valence-corrected chi connectivity index (χ1v) is 13.3. The van der Waals surface area contributed by atoms with Crippen molar-refractivity contribution in [1.82, 2.24) is 24.6 Å². The Balaban J connectivity index is 1.40. The normalized spacial score (nSPS) is 15.7. The topological polar surface area (TPSA) is 54.3 Å². The number of halogens is 1. The molecule has 0 N–H and O–H groups in total. The highest BCUT2D eigenvalue weighted by molar-refractivity contribution is 7.09. The summed E-state index contributed by atoms with van der Waals surface area (Å²) in [6.45, 7) is 6.47. The molecule has 0 spiro atoms. The van der Waals surface area contributed by atoms with Gasteiger partial charge < -0.3 is 4.90 Å². The molecule has 1 aliphatic rings. The molecule has 0 radical (unpaired) electrons. The van der Waals surface area contributed by atoms with Crippen molar-refractivity contribution in [3.8, 4) is 0 Å². The minimum atomic E-state index is -0.204. The SMILES string of the molecule is Cc1nn(C)cc1CN(C)C(Cc1ccc(F)cc1)C1CCN(C(=O)CCc2scnc2C)CC1. The first-order valence-electron chi connectivity index (χ1n) is 12.4. The maximum Gasteiger partial charge on any atom is 0.222 e. The van der Waals surface area contributed by atoms with Crippen LogP contribution in [0.3, 0.4) is 0 Å². The van der Waals surface area contributed by atoms with Crippen LogP contribution in [0.15, 0.2) is 36.0 Å². The Morgan fingerprint density at radius 3 is 2.51 bits per heavy atom. The molecular weight excluding hydrogens is 461 g/mol. The van der Waals surface area contributed by atoms with Gasteiger partial charge >= 0.3 is 0 Å². The van der Waals surface area contributed by atoms with Gasteiger partial charge in [0.2, 0.25) is 5.91 Å². The summed E-state index contributed by atoms with van der Waals surface area (Å²) in [5.41, 5.74) is 6.31. The number of nitrogens with zero attached hydrogens (tertiary/aromatic N) is 5. The number of hydrogen-bond donors (Lipinski definition) is 0. The van der Waals surface area contributed by atoms with Crippen LogP contribution in [0, 0.1) is 25.6 Å². The van der Waals surface area contributed by atoms with Gasteiger partial charge in [-0.2, -0.15) is 5.10 Å². The minimum absolute atomic E-state index is 0.204. The van der Waals surface area contributed by atoms with Crippen LogP contribution < -0.4 is 0 Å². The lowest BCUT2D eigenvalue weighted by Gasteiger charge is -2.40. The van der Waals surface area contributed by atoms with Crippen molar-refractivity contribution in [1.29, 1.82) is 0 Å². The molecule has 1 amide bonds. The van der Waals surface area contributed by atoms with Crippen LogP contribution in [-0.4, -0.2) is 56.7 Å². The summed E-state index contributed by atoms with van der Waals surface area (Å²) in [7, 11) is 4.13. The van der Waals surface area contributed by atoms with E-state index in [4.69, 9.17) is 0 Å². The first kappa shape index (κ1) is 25.5. The van der Waals surface area contributed by atoms with E-state index in [2.05, 4.69) is 35.2 Å². The predicted octanol–water partition coefficient (Wildman–Crippen LogP) is 4.55. The largest absolute Gasteiger partial charge is 0.343 e. The minimum Gasteiger partial charge on any atom is -0.343 e. The van der Waals surface area contributed by atoms with Gasteiger partial charge in [0.25, 0.3) is 0 Å². The van der Waals surface area contributed by atoms with Crippen molar-refractivity contribution in [2.45, 2.75) is 58.5 Å². The Labute approximate surface area is 211 Å². The highest BCUT2D eigenvalue weighted by Crippen LogP contribution is 2.28. The molecule has 8 heteroatoms. The molecule has 6 nitrogen and oxygen atoms in total. The zero-order valence-electron chi connectivity index (χ0n) is 21.2. The maximum atomic E-state index is 13.5. The standard InChI is InChI=1S/C27H36FN5OS/c1-19-23(17-32(4)30-19)16-31(3)25(15-21-5-7-24(28)8-6-21)22-11-13-33(14-12-22)27(34)10-9-26-20(2)29-18-35-26/h5-8,17-18,22,25H,9-16H2,1-4H3. The second-order valence-electron chi connectivity index (χ2n) is 9.81. The monoisotopic (exact) mass is 497 g/mol. The smallest absolute Gasteiger partial charge is 0.222 e. The van der Waals surface area contributed by atoms with E-state index in [-0.39, 0.29) is 11.7 Å². The predicted molar refractivity (Wildman–Crippen MR) is 138 cm³/mol. The lowest BCUT2D eigenvalue weighted by molar-refractivity contribution is -0.132. The van der Waals surface area contributed by atoms with Crippen LogP contribution in [0.4, 0.5) is 4.39 Å². The average Bonchev–Trinajstić information content (AvgIpc) is 3.40. The first-order chi connectivity index (χ1) is 16.8. The van der Waals surface area contributed by atoms with E-state index < -0.39 is 0 Å². The van der Waals surface area contributed by atoms with Gasteiger partial charge in [-0.05, 0) is 70.2 Å². The van der Waals surface area contributed by atoms with Gasteiger partial charge in [-0.3, -0.25) is 14.4 Å². The van der Waals surface area contributed by atoms with Gasteiger partial charge in [0, 0.05) is 55.8 Å². The van der Waals surface area contributed by atoms with E-state index in [1.54, 1.807) is 23.5 Å². The Morgan fingerprint density at radius 1 is 1.20 bits per heavy atom. The van der Waals surface area contributed by atoms with E-state index in [1.807, 2.05) is 41.2 Å². The number of aromatic nitrogens is 3. The number of carbonyl (C=O) groups is 1. The molecule has 0 bridgehead atoms. The molecule has 2 aromatic heterocycles. The van der Waals surface area contributed by atoms with Crippen LogP contribution in [0.5, 0.6) is 0 Å². The van der Waals surface area contributed by atoms with E-state index in [9.17, 15) is 9.18 Å². The maximum absolute atomic E-state index is 13.5. The van der Waals surface area contributed by atoms with Crippen LogP contribution in [-0.2, 0) is 31.2 Å². The zero-order valence-corrected chi connectivity index (χ0v) is 22.0. The molecule has 1 aliphatic heterocycles. The number of likely N-dealkylation sites (N-methyl/N-ethyl adjacent to an activating group) is 1. The van der Waals surface area contributed by atoms with Gasteiger partial charge in [-0.25, -0.2) is 9.37 Å². The molecule has 0 saturated carbocycles. The van der Waals surface area contributed by atoms with Crippen LogP contribution >= 0.6 is 11.3 Å². The molecule has 35 heavy (non-hydrogen) atoms. The number of hydrogen-bond acceptors (Lipinski definition) is 5. The summed E-state index contributed by atoms with van der Waals surface area (Å²) in [5, 5.41) is 4.50. The molecule has 1 atom stereocenters. The molecule has 0 aliphatic carbocycles. The highest BCUT2D eigenvalue weighted by Gasteiger charge is 2.31. The molecular formula is C27H36FN5OS. The van der Waals surface area contributed by atoms with Crippen molar-refractivity contribution in [3.05, 3.63) is 69.2 Å². The third-order valence-corrected chi connectivity index (χ3v) is 8.30. The number of rotatable bonds is 9. The third kappa shape index (κ3) is 6.55. The van der Waals surface area contributed by atoms with E-state index in [1.165, 1.54) is 10.4 Å². The number of thiazole rings is 1. The van der Waals surface area contributed by atoms with E-state index in [0.717, 1.165) is 62.3 Å². The lowest BCUT2D eigenvalue weighted by atomic mass is 9.84. The molecule has 1 fully saturated rings. The molecule has 3 aromatic rings. The van der Waals surface area contributed by atoms with Gasteiger partial charge in [0.15, 0.2) is 0 Å². The second-order valence-corrected chi connectivity index (χ2v) is 10.7. The molecule has 1 aromatic carbocycles. The number of benzene rings is 1. The molecule has 188 valence electrons. The van der Waals surface area contributed by atoms with Crippen molar-refractivity contribution < 1.29 is 9.18 Å². The van der Waals surface area contributed by atoms with E-state index >= 15 is 0 Å². The number of aryl methyl sites for hydroxylation is 4. The number of carbonyl (C=O) groups excluding carboxylic acids is 1. The number of likely N-dealkylation sites (tertiary alicyclic amines) is 1. The fourth-order valence-electron chi connectivity index (χ4n) is 5.21. The van der Waals surface area contributed by atoms with Crippen molar-refractivity contribution >= 4 is 17.2 Å².